The van der Waals surface area contributed by atoms with Crippen LogP contribution in [0.5, 0.6) is 0 Å². The van der Waals surface area contributed by atoms with E-state index in [0.29, 0.717) is 49.5 Å². The maximum absolute atomic E-state index is 13.3. The fraction of sp³-hybridized carbons (Fsp3) is 0.381. The van der Waals surface area contributed by atoms with Gasteiger partial charge in [0.05, 0.1) is 11.7 Å². The minimum absolute atomic E-state index is 0.0720. The summed E-state index contributed by atoms with van der Waals surface area (Å²) in [5.41, 5.74) is 2.37. The highest BCUT2D eigenvalue weighted by atomic mass is 16.5. The molecule has 2 amide bonds. The molecule has 1 aliphatic rings. The molecular weight excluding hydrogens is 342 g/mol. The van der Waals surface area contributed by atoms with Crippen molar-refractivity contribution in [2.75, 3.05) is 19.6 Å². The molecule has 0 bridgehead atoms. The molecule has 0 saturated carbocycles. The van der Waals surface area contributed by atoms with Crippen molar-refractivity contribution < 1.29 is 14.1 Å². The van der Waals surface area contributed by atoms with Gasteiger partial charge in [0, 0.05) is 19.6 Å². The lowest BCUT2D eigenvalue weighted by atomic mass is 10.00. The van der Waals surface area contributed by atoms with Crippen LogP contribution in [0.15, 0.2) is 47.5 Å². The van der Waals surface area contributed by atoms with Crippen LogP contribution in [-0.2, 0) is 17.6 Å². The van der Waals surface area contributed by atoms with E-state index in [9.17, 15) is 9.59 Å². The topological polar surface area (TPSA) is 66.7 Å². The van der Waals surface area contributed by atoms with Gasteiger partial charge in [0.2, 0.25) is 5.91 Å². The number of nitrogens with zero attached hydrogens (tertiary/aromatic N) is 3. The molecule has 0 radical (unpaired) electrons. The third kappa shape index (κ3) is 3.94. The van der Waals surface area contributed by atoms with Gasteiger partial charge in [-0.3, -0.25) is 9.59 Å². The summed E-state index contributed by atoms with van der Waals surface area (Å²) in [6.07, 6.45) is 2.65. The van der Waals surface area contributed by atoms with Crippen LogP contribution in [0.25, 0.3) is 0 Å². The molecule has 0 aliphatic carbocycles. The number of aromatic nitrogens is 1. The van der Waals surface area contributed by atoms with Gasteiger partial charge in [-0.05, 0) is 31.4 Å². The van der Waals surface area contributed by atoms with Crippen molar-refractivity contribution in [2.24, 2.45) is 0 Å². The fourth-order valence-corrected chi connectivity index (χ4v) is 3.59. The third-order valence-electron chi connectivity index (χ3n) is 5.03. The van der Waals surface area contributed by atoms with Crippen LogP contribution in [0.2, 0.25) is 0 Å². The first-order valence-electron chi connectivity index (χ1n) is 9.26. The Labute approximate surface area is 159 Å². The highest BCUT2D eigenvalue weighted by molar-refractivity contribution is 5.96. The molecule has 0 spiro atoms. The highest BCUT2D eigenvalue weighted by Crippen LogP contribution is 2.22. The van der Waals surface area contributed by atoms with Crippen molar-refractivity contribution in [3.05, 3.63) is 65.6 Å². The van der Waals surface area contributed by atoms with Gasteiger partial charge in [-0.15, -0.1) is 0 Å². The fourth-order valence-electron chi connectivity index (χ4n) is 3.59. The summed E-state index contributed by atoms with van der Waals surface area (Å²) < 4.78 is 5.25. The second-order valence-electron chi connectivity index (χ2n) is 6.74. The van der Waals surface area contributed by atoms with Crippen LogP contribution >= 0.6 is 0 Å². The maximum Gasteiger partial charge on any atom is 0.259 e. The van der Waals surface area contributed by atoms with Crippen LogP contribution in [0.4, 0.5) is 0 Å². The van der Waals surface area contributed by atoms with Crippen LogP contribution < -0.4 is 0 Å². The average Bonchev–Trinajstić information content (AvgIpc) is 3.08. The number of hydrogen-bond acceptors (Lipinski definition) is 4. The molecule has 1 unspecified atom stereocenters. The largest absolute Gasteiger partial charge is 0.361 e. The summed E-state index contributed by atoms with van der Waals surface area (Å²) in [6, 6.07) is 9.90. The normalized spacial score (nSPS) is 17.0. The minimum Gasteiger partial charge on any atom is -0.361 e. The van der Waals surface area contributed by atoms with Gasteiger partial charge < -0.3 is 14.3 Å². The number of carbonyl (C=O) groups excluding carboxylic acids is 2. The van der Waals surface area contributed by atoms with Crippen molar-refractivity contribution in [2.45, 2.75) is 32.7 Å². The maximum atomic E-state index is 13.3. The molecule has 1 saturated heterocycles. The van der Waals surface area contributed by atoms with Crippen molar-refractivity contribution >= 4 is 11.8 Å². The van der Waals surface area contributed by atoms with Crippen molar-refractivity contribution in [3.8, 4) is 0 Å². The summed E-state index contributed by atoms with van der Waals surface area (Å²) in [6.45, 7) is 8.76. The van der Waals surface area contributed by atoms with E-state index in [1.54, 1.807) is 11.8 Å². The van der Waals surface area contributed by atoms with E-state index in [-0.39, 0.29) is 17.9 Å². The number of benzene rings is 1. The number of hydrogen-bond donors (Lipinski definition) is 0. The lowest BCUT2D eigenvalue weighted by Crippen LogP contribution is -2.57. The highest BCUT2D eigenvalue weighted by Gasteiger charge is 2.34. The molecule has 2 heterocycles. The van der Waals surface area contributed by atoms with Gasteiger partial charge in [-0.1, -0.05) is 49.0 Å². The van der Waals surface area contributed by atoms with Crippen molar-refractivity contribution in [1.82, 2.24) is 15.0 Å². The molecular formula is C21H25N3O3. The van der Waals surface area contributed by atoms with E-state index in [2.05, 4.69) is 11.7 Å². The Hall–Kier alpha value is -2.89. The second kappa shape index (κ2) is 8.20. The Balaban J connectivity index is 1.89. The van der Waals surface area contributed by atoms with Crippen LogP contribution in [-0.4, -0.2) is 52.4 Å². The molecule has 6 heteroatoms. The first-order valence-corrected chi connectivity index (χ1v) is 9.26. The zero-order valence-electron chi connectivity index (χ0n) is 15.9. The number of carbonyl (C=O) groups is 2. The van der Waals surface area contributed by atoms with E-state index in [1.807, 2.05) is 42.2 Å². The Morgan fingerprint density at radius 1 is 1.30 bits per heavy atom. The van der Waals surface area contributed by atoms with Crippen LogP contribution in [0.3, 0.4) is 0 Å². The Kier molecular flexibility index (Phi) is 5.74. The average molecular weight is 367 g/mol. The summed E-state index contributed by atoms with van der Waals surface area (Å²) in [5.74, 6) is 0.368. The first-order chi connectivity index (χ1) is 13.0. The van der Waals surface area contributed by atoms with E-state index < -0.39 is 0 Å². The molecule has 3 rings (SSSR count). The minimum atomic E-state index is -0.114. The molecule has 6 nitrogen and oxygen atoms in total. The lowest BCUT2D eigenvalue weighted by molar-refractivity contribution is -0.128. The summed E-state index contributed by atoms with van der Waals surface area (Å²) in [5, 5.41) is 4.02. The number of rotatable bonds is 5. The lowest BCUT2D eigenvalue weighted by Gasteiger charge is -2.41. The van der Waals surface area contributed by atoms with Gasteiger partial charge in [0.15, 0.2) is 0 Å². The van der Waals surface area contributed by atoms with Gasteiger partial charge in [-0.2, -0.15) is 0 Å². The Bertz CT molecular complexity index is 828. The molecule has 1 aliphatic heterocycles. The zero-order chi connectivity index (χ0) is 19.4. The molecule has 142 valence electrons. The second-order valence-corrected chi connectivity index (χ2v) is 6.74. The first kappa shape index (κ1) is 18.9. The third-order valence-corrected chi connectivity index (χ3v) is 5.03. The van der Waals surface area contributed by atoms with Crippen molar-refractivity contribution in [1.29, 1.82) is 0 Å². The Morgan fingerprint density at radius 2 is 2.04 bits per heavy atom. The smallest absolute Gasteiger partial charge is 0.259 e. The SMILES string of the molecule is C=CC(=O)N1CCN(C(=O)c2c(CC)noc2C)C(Cc2ccccc2)C1. The van der Waals surface area contributed by atoms with E-state index in [4.69, 9.17) is 4.52 Å². The summed E-state index contributed by atoms with van der Waals surface area (Å²) in [4.78, 5) is 29.0. The number of amides is 2. The quantitative estimate of drug-likeness (QED) is 0.762. The van der Waals surface area contributed by atoms with E-state index >= 15 is 0 Å². The number of aryl methyl sites for hydroxylation is 2. The standard InChI is InChI=1S/C21H25N3O3/c1-4-18-20(15(3)27-22-18)21(26)24-12-11-23(19(25)5-2)14-17(24)13-16-9-7-6-8-10-16/h5-10,17H,2,4,11-14H2,1,3H3. The van der Waals surface area contributed by atoms with Crippen molar-refractivity contribution in [3.63, 3.8) is 0 Å². The predicted octanol–water partition coefficient (Wildman–Crippen LogP) is 2.63. The van der Waals surface area contributed by atoms with Gasteiger partial charge in [0.25, 0.3) is 5.91 Å². The molecule has 1 aromatic heterocycles. The predicted molar refractivity (Wildman–Crippen MR) is 102 cm³/mol. The van der Waals surface area contributed by atoms with Crippen LogP contribution in [0, 0.1) is 6.92 Å². The van der Waals surface area contributed by atoms with E-state index in [1.165, 1.54) is 6.08 Å². The van der Waals surface area contributed by atoms with Gasteiger partial charge in [0.1, 0.15) is 11.3 Å². The molecule has 2 aromatic rings. The summed E-state index contributed by atoms with van der Waals surface area (Å²) >= 11 is 0. The monoisotopic (exact) mass is 367 g/mol. The van der Waals surface area contributed by atoms with E-state index in [0.717, 1.165) is 5.56 Å². The number of piperazine rings is 1. The Morgan fingerprint density at radius 3 is 2.70 bits per heavy atom. The molecule has 1 fully saturated rings. The molecule has 27 heavy (non-hydrogen) atoms. The van der Waals surface area contributed by atoms with Gasteiger partial charge in [-0.25, -0.2) is 0 Å². The zero-order valence-corrected chi connectivity index (χ0v) is 15.9. The van der Waals surface area contributed by atoms with Gasteiger partial charge >= 0.3 is 0 Å². The summed E-state index contributed by atoms with van der Waals surface area (Å²) in [7, 11) is 0. The molecule has 0 N–H and O–H groups in total. The molecule has 1 aromatic carbocycles. The molecule has 1 atom stereocenters. The van der Waals surface area contributed by atoms with Crippen LogP contribution in [0.1, 0.15) is 34.3 Å².